The standard InChI is InChI=1S/C18H23N3O4S/c1-13-16(14(2)25-20-13)12-19-18(22)17-10-6-7-11-21(17)26(23,24)15-8-4-3-5-9-15/h3-5,8-9,17H,6-7,10-12H2,1-2H3,(H,19,22). The van der Waals surface area contributed by atoms with Gasteiger partial charge in [-0.3, -0.25) is 4.79 Å². The quantitative estimate of drug-likeness (QED) is 0.862. The van der Waals surface area contributed by atoms with Crippen molar-refractivity contribution in [3.05, 3.63) is 47.3 Å². The number of nitrogens with zero attached hydrogens (tertiary/aromatic N) is 2. The van der Waals surface area contributed by atoms with Gasteiger partial charge in [-0.25, -0.2) is 8.42 Å². The molecule has 7 nitrogen and oxygen atoms in total. The van der Waals surface area contributed by atoms with E-state index in [1.165, 1.54) is 4.31 Å². The minimum atomic E-state index is -3.70. The van der Waals surface area contributed by atoms with Gasteiger partial charge in [0.25, 0.3) is 0 Å². The van der Waals surface area contributed by atoms with Crippen LogP contribution in [0.3, 0.4) is 0 Å². The van der Waals surface area contributed by atoms with Gasteiger partial charge in [0.1, 0.15) is 11.8 Å². The lowest BCUT2D eigenvalue weighted by Gasteiger charge is -2.33. The molecule has 1 fully saturated rings. The van der Waals surface area contributed by atoms with E-state index in [1.807, 2.05) is 6.92 Å². The molecule has 0 aliphatic carbocycles. The third-order valence-electron chi connectivity index (χ3n) is 4.73. The predicted octanol–water partition coefficient (Wildman–Crippen LogP) is 2.15. The van der Waals surface area contributed by atoms with Crippen molar-refractivity contribution in [3.8, 4) is 0 Å². The second kappa shape index (κ2) is 7.59. The number of aromatic nitrogens is 1. The Hall–Kier alpha value is -2.19. The summed E-state index contributed by atoms with van der Waals surface area (Å²) in [6.07, 6.45) is 2.09. The Morgan fingerprint density at radius 1 is 1.27 bits per heavy atom. The topological polar surface area (TPSA) is 92.5 Å². The molecule has 0 radical (unpaired) electrons. The number of amides is 1. The lowest BCUT2D eigenvalue weighted by atomic mass is 10.0. The van der Waals surface area contributed by atoms with E-state index >= 15 is 0 Å². The van der Waals surface area contributed by atoms with Gasteiger partial charge < -0.3 is 9.84 Å². The van der Waals surface area contributed by atoms with Crippen molar-refractivity contribution in [1.29, 1.82) is 0 Å². The van der Waals surface area contributed by atoms with E-state index in [4.69, 9.17) is 4.52 Å². The first kappa shape index (κ1) is 18.6. The Balaban J connectivity index is 1.77. The van der Waals surface area contributed by atoms with E-state index in [-0.39, 0.29) is 17.3 Å². The van der Waals surface area contributed by atoms with Crippen LogP contribution in [0.15, 0.2) is 39.8 Å². The van der Waals surface area contributed by atoms with Crippen molar-refractivity contribution in [2.45, 2.75) is 50.6 Å². The van der Waals surface area contributed by atoms with Gasteiger partial charge in [0.2, 0.25) is 15.9 Å². The fourth-order valence-corrected chi connectivity index (χ4v) is 4.91. The van der Waals surface area contributed by atoms with Gasteiger partial charge in [-0.1, -0.05) is 29.8 Å². The molecule has 26 heavy (non-hydrogen) atoms. The van der Waals surface area contributed by atoms with Crippen LogP contribution in [0.2, 0.25) is 0 Å². The van der Waals surface area contributed by atoms with Crippen LogP contribution in [0, 0.1) is 13.8 Å². The fraction of sp³-hybridized carbons (Fsp3) is 0.444. The monoisotopic (exact) mass is 377 g/mol. The molecule has 1 saturated heterocycles. The normalized spacial score (nSPS) is 18.6. The minimum Gasteiger partial charge on any atom is -0.361 e. The van der Waals surface area contributed by atoms with E-state index < -0.39 is 16.1 Å². The highest BCUT2D eigenvalue weighted by Crippen LogP contribution is 2.25. The van der Waals surface area contributed by atoms with Gasteiger partial charge in [-0.15, -0.1) is 0 Å². The third kappa shape index (κ3) is 3.66. The molecule has 8 heteroatoms. The maximum Gasteiger partial charge on any atom is 0.243 e. The Morgan fingerprint density at radius 2 is 2.00 bits per heavy atom. The number of aryl methyl sites for hydroxylation is 2. The fourth-order valence-electron chi connectivity index (χ4n) is 3.23. The molecule has 0 bridgehead atoms. The summed E-state index contributed by atoms with van der Waals surface area (Å²) in [5.41, 5.74) is 1.55. The number of hydrogen-bond acceptors (Lipinski definition) is 5. The molecule has 3 rings (SSSR count). The van der Waals surface area contributed by atoms with Crippen LogP contribution in [-0.2, 0) is 21.4 Å². The SMILES string of the molecule is Cc1noc(C)c1CNC(=O)C1CCCCN1S(=O)(=O)c1ccccc1. The van der Waals surface area contributed by atoms with Crippen LogP contribution >= 0.6 is 0 Å². The number of sulfonamides is 1. The number of carbonyl (C=O) groups excluding carboxylic acids is 1. The second-order valence-electron chi connectivity index (χ2n) is 6.46. The molecular weight excluding hydrogens is 354 g/mol. The van der Waals surface area contributed by atoms with Crippen molar-refractivity contribution in [2.24, 2.45) is 0 Å². The van der Waals surface area contributed by atoms with Gasteiger partial charge >= 0.3 is 0 Å². The first-order valence-corrected chi connectivity index (χ1v) is 10.1. The first-order chi connectivity index (χ1) is 12.4. The summed E-state index contributed by atoms with van der Waals surface area (Å²) in [7, 11) is -3.70. The van der Waals surface area contributed by atoms with Crippen molar-refractivity contribution in [1.82, 2.24) is 14.8 Å². The molecule has 2 heterocycles. The molecule has 2 aromatic rings. The van der Waals surface area contributed by atoms with E-state index in [2.05, 4.69) is 10.5 Å². The summed E-state index contributed by atoms with van der Waals surface area (Å²) in [4.78, 5) is 12.9. The van der Waals surface area contributed by atoms with E-state index in [0.29, 0.717) is 18.7 Å². The largest absolute Gasteiger partial charge is 0.361 e. The van der Waals surface area contributed by atoms with Crippen molar-refractivity contribution in [2.75, 3.05) is 6.54 Å². The van der Waals surface area contributed by atoms with E-state index in [0.717, 1.165) is 24.1 Å². The third-order valence-corrected chi connectivity index (χ3v) is 6.65. The zero-order valence-corrected chi connectivity index (χ0v) is 15.8. The maximum absolute atomic E-state index is 13.0. The van der Waals surface area contributed by atoms with Crippen molar-refractivity contribution < 1.29 is 17.7 Å². The van der Waals surface area contributed by atoms with Crippen molar-refractivity contribution >= 4 is 15.9 Å². The summed E-state index contributed by atoms with van der Waals surface area (Å²) < 4.78 is 32.4. The van der Waals surface area contributed by atoms with Gasteiger partial charge in [0.15, 0.2) is 0 Å². The Morgan fingerprint density at radius 3 is 2.65 bits per heavy atom. The van der Waals surface area contributed by atoms with E-state index in [9.17, 15) is 13.2 Å². The van der Waals surface area contributed by atoms with Crippen LogP contribution in [0.5, 0.6) is 0 Å². The number of carbonyl (C=O) groups is 1. The van der Waals surface area contributed by atoms with Gasteiger partial charge in [0.05, 0.1) is 10.6 Å². The minimum absolute atomic E-state index is 0.213. The average Bonchev–Trinajstić information content (AvgIpc) is 2.98. The van der Waals surface area contributed by atoms with Crippen molar-refractivity contribution in [3.63, 3.8) is 0 Å². The molecule has 1 amide bonds. The molecular formula is C18H23N3O4S. The number of nitrogens with one attached hydrogen (secondary N) is 1. The predicted molar refractivity (Wildman–Crippen MR) is 95.8 cm³/mol. The maximum atomic E-state index is 13.0. The molecule has 140 valence electrons. The summed E-state index contributed by atoms with van der Waals surface area (Å²) in [6.45, 7) is 4.22. The number of benzene rings is 1. The zero-order chi connectivity index (χ0) is 18.7. The van der Waals surface area contributed by atoms with E-state index in [1.54, 1.807) is 37.3 Å². The number of rotatable bonds is 5. The van der Waals surface area contributed by atoms with Crippen LogP contribution < -0.4 is 5.32 Å². The summed E-state index contributed by atoms with van der Waals surface area (Å²) in [5.74, 6) is 0.365. The lowest BCUT2D eigenvalue weighted by Crippen LogP contribution is -2.51. The molecule has 0 saturated carbocycles. The Kier molecular flexibility index (Phi) is 5.43. The van der Waals surface area contributed by atoms with Crippen LogP contribution in [-0.4, -0.2) is 36.4 Å². The molecule has 1 aromatic carbocycles. The number of hydrogen-bond donors (Lipinski definition) is 1. The lowest BCUT2D eigenvalue weighted by molar-refractivity contribution is -0.125. The Bertz CT molecular complexity index is 858. The molecule has 1 aliphatic heterocycles. The van der Waals surface area contributed by atoms with Gasteiger partial charge in [-0.05, 0) is 38.8 Å². The number of piperidine rings is 1. The summed E-state index contributed by atoms with van der Waals surface area (Å²) >= 11 is 0. The highest BCUT2D eigenvalue weighted by Gasteiger charge is 2.37. The van der Waals surface area contributed by atoms with Crippen LogP contribution in [0.25, 0.3) is 0 Å². The average molecular weight is 377 g/mol. The molecule has 1 aromatic heterocycles. The summed E-state index contributed by atoms with van der Waals surface area (Å²) in [5, 5.41) is 6.71. The highest BCUT2D eigenvalue weighted by atomic mass is 32.2. The first-order valence-electron chi connectivity index (χ1n) is 8.67. The molecule has 1 unspecified atom stereocenters. The van der Waals surface area contributed by atoms with Crippen LogP contribution in [0.4, 0.5) is 0 Å². The molecule has 0 spiro atoms. The Labute approximate surface area is 153 Å². The summed E-state index contributed by atoms with van der Waals surface area (Å²) in [6, 6.07) is 7.55. The second-order valence-corrected chi connectivity index (χ2v) is 8.35. The molecule has 1 aliphatic rings. The smallest absolute Gasteiger partial charge is 0.243 e. The van der Waals surface area contributed by atoms with Crippen LogP contribution in [0.1, 0.15) is 36.3 Å². The highest BCUT2D eigenvalue weighted by molar-refractivity contribution is 7.89. The molecule has 1 N–H and O–H groups in total. The van der Waals surface area contributed by atoms with Gasteiger partial charge in [0, 0.05) is 18.7 Å². The molecule has 1 atom stereocenters. The zero-order valence-electron chi connectivity index (χ0n) is 14.9. The van der Waals surface area contributed by atoms with Gasteiger partial charge in [-0.2, -0.15) is 4.31 Å².